The minimum atomic E-state index is 0.233. The first kappa shape index (κ1) is 14.9. The number of halogens is 2. The van der Waals surface area contributed by atoms with Crippen LogP contribution in [0.25, 0.3) is 0 Å². The number of benzene rings is 2. The number of aromatic hydroxyl groups is 1. The highest BCUT2D eigenvalue weighted by Gasteiger charge is 2.22. The highest BCUT2D eigenvalue weighted by Crippen LogP contribution is 2.39. The molecule has 0 heterocycles. The van der Waals surface area contributed by atoms with Gasteiger partial charge in [0.1, 0.15) is 5.75 Å². The molecule has 0 aliphatic heterocycles. The predicted octanol–water partition coefficient (Wildman–Crippen LogP) is 5.72. The van der Waals surface area contributed by atoms with Crippen LogP contribution in [-0.4, -0.2) is 5.11 Å². The van der Waals surface area contributed by atoms with Crippen molar-refractivity contribution in [1.29, 1.82) is 0 Å². The van der Waals surface area contributed by atoms with Crippen LogP contribution in [0.15, 0.2) is 39.3 Å². The van der Waals surface area contributed by atoms with Crippen molar-refractivity contribution in [2.24, 2.45) is 0 Å². The smallest absolute Gasteiger partial charge is 0.115 e. The molecule has 0 amide bonds. The average molecular weight is 411 g/mol. The summed E-state index contributed by atoms with van der Waals surface area (Å²) in [6.45, 7) is 2.08. The van der Waals surface area contributed by atoms with Gasteiger partial charge in [0.05, 0.1) is 11.7 Å². The molecule has 0 fully saturated rings. The number of nitrogens with one attached hydrogen (secondary N) is 1. The van der Waals surface area contributed by atoms with Gasteiger partial charge in [-0.1, -0.05) is 6.07 Å². The summed E-state index contributed by atoms with van der Waals surface area (Å²) in [7, 11) is 0. The summed E-state index contributed by atoms with van der Waals surface area (Å²) in [5, 5.41) is 13.4. The van der Waals surface area contributed by atoms with E-state index in [1.807, 2.05) is 12.1 Å². The minimum Gasteiger partial charge on any atom is -0.508 e. The molecular formula is C17H17Br2NO. The number of fused-ring (bicyclic) bond motifs is 1. The van der Waals surface area contributed by atoms with Gasteiger partial charge in [0.15, 0.2) is 0 Å². The monoisotopic (exact) mass is 409 g/mol. The number of hydrogen-bond donors (Lipinski definition) is 2. The summed E-state index contributed by atoms with van der Waals surface area (Å²) in [5.41, 5.74) is 4.82. The maximum atomic E-state index is 9.77. The third-order valence-electron chi connectivity index (χ3n) is 3.95. The van der Waals surface area contributed by atoms with Crippen LogP contribution in [0, 0.1) is 6.92 Å². The molecule has 4 heteroatoms. The minimum absolute atomic E-state index is 0.233. The maximum Gasteiger partial charge on any atom is 0.115 e. The van der Waals surface area contributed by atoms with Gasteiger partial charge in [-0.2, -0.15) is 0 Å². The van der Waals surface area contributed by atoms with Crippen LogP contribution in [0.2, 0.25) is 0 Å². The molecule has 110 valence electrons. The lowest BCUT2D eigenvalue weighted by Gasteiger charge is -2.28. The highest BCUT2D eigenvalue weighted by molar-refractivity contribution is 9.11. The van der Waals surface area contributed by atoms with Gasteiger partial charge in [-0.25, -0.2) is 0 Å². The zero-order chi connectivity index (χ0) is 15.0. The van der Waals surface area contributed by atoms with Crippen molar-refractivity contribution >= 4 is 37.5 Å². The van der Waals surface area contributed by atoms with Crippen LogP contribution in [0.3, 0.4) is 0 Å². The van der Waals surface area contributed by atoms with E-state index < -0.39 is 0 Å². The molecule has 0 bridgehead atoms. The molecule has 1 atom stereocenters. The van der Waals surface area contributed by atoms with Crippen molar-refractivity contribution in [3.63, 3.8) is 0 Å². The third-order valence-corrected chi connectivity index (χ3v) is 5.20. The first-order valence-corrected chi connectivity index (χ1v) is 8.67. The summed E-state index contributed by atoms with van der Waals surface area (Å²) in [6, 6.07) is 10.2. The second-order valence-electron chi connectivity index (χ2n) is 5.58. The first-order valence-electron chi connectivity index (χ1n) is 7.08. The molecule has 2 nitrogen and oxygen atoms in total. The topological polar surface area (TPSA) is 32.3 Å². The Kier molecular flexibility index (Phi) is 4.27. The standard InChI is InChI=1S/C17H17Br2NO/c1-10-7-14(18)17(15(19)8-10)20-16-4-2-3-11-5-6-12(21)9-13(11)16/h5-9,16,20-21H,2-4H2,1H3. The number of phenols is 1. The third kappa shape index (κ3) is 3.11. The van der Waals surface area contributed by atoms with E-state index in [2.05, 4.69) is 56.2 Å². The number of rotatable bonds is 2. The van der Waals surface area contributed by atoms with Crippen molar-refractivity contribution < 1.29 is 5.11 Å². The molecule has 1 aliphatic carbocycles. The van der Waals surface area contributed by atoms with E-state index in [0.717, 1.165) is 33.9 Å². The molecule has 0 radical (unpaired) electrons. The normalized spacial score (nSPS) is 17.4. The average Bonchev–Trinajstić information content (AvgIpc) is 2.43. The van der Waals surface area contributed by atoms with Crippen LogP contribution in [0.1, 0.15) is 35.6 Å². The van der Waals surface area contributed by atoms with Gasteiger partial charge in [-0.05, 0) is 99.0 Å². The van der Waals surface area contributed by atoms with Crippen LogP contribution in [-0.2, 0) is 6.42 Å². The van der Waals surface area contributed by atoms with Crippen LogP contribution < -0.4 is 5.32 Å². The number of phenolic OH excluding ortho intramolecular Hbond substituents is 1. The Hall–Kier alpha value is -1.000. The van der Waals surface area contributed by atoms with E-state index in [9.17, 15) is 5.11 Å². The molecule has 0 saturated carbocycles. The van der Waals surface area contributed by atoms with Gasteiger partial charge in [0.25, 0.3) is 0 Å². The van der Waals surface area contributed by atoms with Crippen LogP contribution in [0.4, 0.5) is 5.69 Å². The lowest BCUT2D eigenvalue weighted by molar-refractivity contribution is 0.471. The summed E-state index contributed by atoms with van der Waals surface area (Å²) < 4.78 is 2.11. The van der Waals surface area contributed by atoms with Crippen molar-refractivity contribution in [3.05, 3.63) is 56.0 Å². The van der Waals surface area contributed by atoms with E-state index in [0.29, 0.717) is 5.75 Å². The molecule has 0 aromatic heterocycles. The number of anilines is 1. The van der Waals surface area contributed by atoms with E-state index >= 15 is 0 Å². The number of aryl methyl sites for hydroxylation is 2. The molecule has 1 aliphatic rings. The Balaban J connectivity index is 1.96. The van der Waals surface area contributed by atoms with Gasteiger partial charge in [-0.15, -0.1) is 0 Å². The largest absolute Gasteiger partial charge is 0.508 e. The molecular weight excluding hydrogens is 394 g/mol. The van der Waals surface area contributed by atoms with Crippen molar-refractivity contribution in [3.8, 4) is 5.75 Å². The predicted molar refractivity (Wildman–Crippen MR) is 94.0 cm³/mol. The van der Waals surface area contributed by atoms with Crippen molar-refractivity contribution in [1.82, 2.24) is 0 Å². The van der Waals surface area contributed by atoms with E-state index in [1.54, 1.807) is 6.07 Å². The van der Waals surface area contributed by atoms with Gasteiger partial charge >= 0.3 is 0 Å². The van der Waals surface area contributed by atoms with E-state index in [4.69, 9.17) is 0 Å². The summed E-state index contributed by atoms with van der Waals surface area (Å²) in [4.78, 5) is 0. The Morgan fingerprint density at radius 3 is 2.57 bits per heavy atom. The summed E-state index contributed by atoms with van der Waals surface area (Å²) in [6.07, 6.45) is 3.32. The second-order valence-corrected chi connectivity index (χ2v) is 7.28. The van der Waals surface area contributed by atoms with Gasteiger partial charge in [0, 0.05) is 8.95 Å². The molecule has 21 heavy (non-hydrogen) atoms. The van der Waals surface area contributed by atoms with Crippen LogP contribution in [0.5, 0.6) is 5.75 Å². The zero-order valence-electron chi connectivity index (χ0n) is 11.8. The van der Waals surface area contributed by atoms with E-state index in [1.165, 1.54) is 16.7 Å². The first-order chi connectivity index (χ1) is 10.0. The van der Waals surface area contributed by atoms with Gasteiger partial charge < -0.3 is 10.4 Å². The quantitative estimate of drug-likeness (QED) is 0.663. The lowest BCUT2D eigenvalue weighted by atomic mass is 9.87. The van der Waals surface area contributed by atoms with E-state index in [-0.39, 0.29) is 6.04 Å². The highest BCUT2D eigenvalue weighted by atomic mass is 79.9. The van der Waals surface area contributed by atoms with Gasteiger partial charge in [-0.3, -0.25) is 0 Å². The molecule has 2 N–H and O–H groups in total. The fourth-order valence-electron chi connectivity index (χ4n) is 2.95. The Labute approximate surface area is 141 Å². The molecule has 2 aromatic carbocycles. The van der Waals surface area contributed by atoms with Crippen molar-refractivity contribution in [2.45, 2.75) is 32.2 Å². The SMILES string of the molecule is Cc1cc(Br)c(NC2CCCc3ccc(O)cc32)c(Br)c1. The molecule has 0 spiro atoms. The molecule has 3 rings (SSSR count). The summed E-state index contributed by atoms with van der Waals surface area (Å²) >= 11 is 7.27. The van der Waals surface area contributed by atoms with Gasteiger partial charge in [0.2, 0.25) is 0 Å². The van der Waals surface area contributed by atoms with Crippen molar-refractivity contribution in [2.75, 3.05) is 5.32 Å². The maximum absolute atomic E-state index is 9.77. The zero-order valence-corrected chi connectivity index (χ0v) is 15.0. The Morgan fingerprint density at radius 1 is 1.14 bits per heavy atom. The second kappa shape index (κ2) is 6.01. The molecule has 2 aromatic rings. The fraction of sp³-hybridized carbons (Fsp3) is 0.294. The van der Waals surface area contributed by atoms with Crippen LogP contribution >= 0.6 is 31.9 Å². The molecule has 0 saturated heterocycles. The fourth-order valence-corrected chi connectivity index (χ4v) is 4.59. The Bertz CT molecular complexity index is 661. The number of hydrogen-bond acceptors (Lipinski definition) is 2. The summed E-state index contributed by atoms with van der Waals surface area (Å²) in [5.74, 6) is 0.337. The molecule has 1 unspecified atom stereocenters. The Morgan fingerprint density at radius 2 is 1.86 bits per heavy atom. The lowest BCUT2D eigenvalue weighted by Crippen LogP contribution is -2.17.